The molecule has 1 unspecified atom stereocenters. The summed E-state index contributed by atoms with van der Waals surface area (Å²) in [6, 6.07) is 19.0. The molecule has 1 atom stereocenters. The van der Waals surface area contributed by atoms with E-state index in [0.29, 0.717) is 0 Å². The zero-order chi connectivity index (χ0) is 13.9. The Bertz CT molecular complexity index is 729. The van der Waals surface area contributed by atoms with Crippen LogP contribution in [0.15, 0.2) is 60.8 Å². The van der Waals surface area contributed by atoms with Gasteiger partial charge in [-0.05, 0) is 49.2 Å². The summed E-state index contributed by atoms with van der Waals surface area (Å²) in [4.78, 5) is 4.40. The number of hydrogen-bond donors (Lipinski definition) is 1. The summed E-state index contributed by atoms with van der Waals surface area (Å²) in [6.07, 6.45) is 1.83. The van der Waals surface area contributed by atoms with Crippen molar-refractivity contribution in [2.24, 2.45) is 0 Å². The first kappa shape index (κ1) is 12.7. The lowest BCUT2D eigenvalue weighted by Gasteiger charge is -2.19. The minimum atomic E-state index is 0.266. The molecule has 2 nitrogen and oxygen atoms in total. The summed E-state index contributed by atoms with van der Waals surface area (Å²) >= 11 is 0. The van der Waals surface area contributed by atoms with Gasteiger partial charge in [-0.1, -0.05) is 30.3 Å². The third-order valence-electron chi connectivity index (χ3n) is 3.67. The van der Waals surface area contributed by atoms with Crippen LogP contribution in [0.25, 0.3) is 10.9 Å². The van der Waals surface area contributed by atoms with Crippen molar-refractivity contribution in [2.45, 2.75) is 19.9 Å². The van der Waals surface area contributed by atoms with Gasteiger partial charge in [-0.2, -0.15) is 0 Å². The number of anilines is 1. The molecule has 0 radical (unpaired) electrons. The minimum Gasteiger partial charge on any atom is -0.378 e. The lowest BCUT2D eigenvalue weighted by Crippen LogP contribution is -2.08. The monoisotopic (exact) mass is 262 g/mol. The number of nitrogens with zero attached hydrogens (tertiary/aromatic N) is 1. The van der Waals surface area contributed by atoms with E-state index >= 15 is 0 Å². The molecule has 1 heterocycles. The Labute approximate surface area is 119 Å². The molecule has 100 valence electrons. The third kappa shape index (κ3) is 2.37. The molecular formula is C18H18N2. The third-order valence-corrected chi connectivity index (χ3v) is 3.67. The second-order valence-corrected chi connectivity index (χ2v) is 5.10. The Balaban J connectivity index is 1.96. The number of hydrogen-bond acceptors (Lipinski definition) is 2. The Morgan fingerprint density at radius 1 is 0.950 bits per heavy atom. The smallest absolute Gasteiger partial charge is 0.0722 e. The van der Waals surface area contributed by atoms with Gasteiger partial charge in [0, 0.05) is 23.3 Å². The molecule has 3 rings (SSSR count). The van der Waals surface area contributed by atoms with Gasteiger partial charge < -0.3 is 5.32 Å². The first-order valence-corrected chi connectivity index (χ1v) is 6.91. The van der Waals surface area contributed by atoms with Gasteiger partial charge in [0.15, 0.2) is 0 Å². The van der Waals surface area contributed by atoms with Gasteiger partial charge in [0.25, 0.3) is 0 Å². The average Bonchev–Trinajstić information content (AvgIpc) is 2.48. The molecule has 2 aromatic carbocycles. The zero-order valence-electron chi connectivity index (χ0n) is 11.8. The van der Waals surface area contributed by atoms with Crippen molar-refractivity contribution in [1.82, 2.24) is 4.98 Å². The molecule has 0 fully saturated rings. The summed E-state index contributed by atoms with van der Waals surface area (Å²) < 4.78 is 0. The molecular weight excluding hydrogens is 244 g/mol. The van der Waals surface area contributed by atoms with Crippen LogP contribution in [0.5, 0.6) is 0 Å². The molecule has 0 amide bonds. The first-order valence-electron chi connectivity index (χ1n) is 6.91. The van der Waals surface area contributed by atoms with Crippen molar-refractivity contribution < 1.29 is 0 Å². The summed E-state index contributed by atoms with van der Waals surface area (Å²) in [5.41, 5.74) is 4.79. The second-order valence-electron chi connectivity index (χ2n) is 5.10. The maximum absolute atomic E-state index is 4.40. The van der Waals surface area contributed by atoms with Crippen LogP contribution in [0.1, 0.15) is 24.1 Å². The molecule has 0 aliphatic rings. The molecule has 2 heteroatoms. The van der Waals surface area contributed by atoms with E-state index < -0.39 is 0 Å². The summed E-state index contributed by atoms with van der Waals surface area (Å²) in [5, 5.41) is 4.76. The van der Waals surface area contributed by atoms with E-state index in [1.807, 2.05) is 24.4 Å². The average molecular weight is 262 g/mol. The number of fused-ring (bicyclic) bond motifs is 1. The van der Waals surface area contributed by atoms with Crippen molar-refractivity contribution in [3.8, 4) is 0 Å². The Kier molecular flexibility index (Phi) is 3.38. The first-order chi connectivity index (χ1) is 9.75. The molecule has 0 saturated carbocycles. The van der Waals surface area contributed by atoms with E-state index in [-0.39, 0.29) is 6.04 Å². The number of pyridine rings is 1. The molecule has 0 saturated heterocycles. The van der Waals surface area contributed by atoms with Gasteiger partial charge in [0.1, 0.15) is 0 Å². The van der Waals surface area contributed by atoms with Crippen LogP contribution >= 0.6 is 0 Å². The van der Waals surface area contributed by atoms with E-state index in [1.54, 1.807) is 0 Å². The van der Waals surface area contributed by atoms with Crippen molar-refractivity contribution in [3.63, 3.8) is 0 Å². The molecule has 20 heavy (non-hydrogen) atoms. The van der Waals surface area contributed by atoms with Crippen LogP contribution in [0.2, 0.25) is 0 Å². The lowest BCUT2D eigenvalue weighted by atomic mass is 10.0. The Morgan fingerprint density at radius 2 is 1.80 bits per heavy atom. The van der Waals surface area contributed by atoms with E-state index in [0.717, 1.165) is 16.6 Å². The fourth-order valence-electron chi connectivity index (χ4n) is 2.61. The Morgan fingerprint density at radius 3 is 2.65 bits per heavy atom. The van der Waals surface area contributed by atoms with Gasteiger partial charge in [-0.15, -0.1) is 0 Å². The quantitative estimate of drug-likeness (QED) is 0.739. The largest absolute Gasteiger partial charge is 0.378 e. The van der Waals surface area contributed by atoms with E-state index in [9.17, 15) is 0 Å². The molecule has 0 aliphatic carbocycles. The van der Waals surface area contributed by atoms with Crippen LogP contribution in [0.3, 0.4) is 0 Å². The van der Waals surface area contributed by atoms with E-state index in [1.165, 1.54) is 11.1 Å². The standard InChI is InChI=1S/C18H18N2/c1-13-7-3-4-8-15(13)14(2)20-18-11-5-10-17-16(18)9-6-12-19-17/h3-12,14,20H,1-2H3. The highest BCUT2D eigenvalue weighted by molar-refractivity contribution is 5.91. The van der Waals surface area contributed by atoms with Gasteiger partial charge in [-0.3, -0.25) is 4.98 Å². The van der Waals surface area contributed by atoms with Gasteiger partial charge >= 0.3 is 0 Å². The maximum Gasteiger partial charge on any atom is 0.0722 e. The predicted octanol–water partition coefficient (Wildman–Crippen LogP) is 4.72. The Hall–Kier alpha value is -2.35. The van der Waals surface area contributed by atoms with Crippen molar-refractivity contribution in [1.29, 1.82) is 0 Å². The second kappa shape index (κ2) is 5.33. The summed E-state index contributed by atoms with van der Waals surface area (Å²) in [5.74, 6) is 0. The van der Waals surface area contributed by atoms with Crippen LogP contribution < -0.4 is 5.32 Å². The number of benzene rings is 2. The molecule has 3 aromatic rings. The lowest BCUT2D eigenvalue weighted by molar-refractivity contribution is 0.876. The number of aromatic nitrogens is 1. The molecule has 1 aromatic heterocycles. The molecule has 0 spiro atoms. The predicted molar refractivity (Wildman–Crippen MR) is 85.0 cm³/mol. The topological polar surface area (TPSA) is 24.9 Å². The van der Waals surface area contributed by atoms with Crippen LogP contribution in [0.4, 0.5) is 5.69 Å². The number of aryl methyl sites for hydroxylation is 1. The van der Waals surface area contributed by atoms with E-state index in [4.69, 9.17) is 0 Å². The number of rotatable bonds is 3. The summed E-state index contributed by atoms with van der Waals surface area (Å²) in [6.45, 7) is 4.34. The normalized spacial score (nSPS) is 12.3. The van der Waals surface area contributed by atoms with Gasteiger partial charge in [-0.25, -0.2) is 0 Å². The summed E-state index contributed by atoms with van der Waals surface area (Å²) in [7, 11) is 0. The molecule has 0 aliphatic heterocycles. The van der Waals surface area contributed by atoms with Crippen LogP contribution in [-0.2, 0) is 0 Å². The highest BCUT2D eigenvalue weighted by Gasteiger charge is 2.09. The van der Waals surface area contributed by atoms with E-state index in [2.05, 4.69) is 60.5 Å². The SMILES string of the molecule is Cc1ccccc1C(C)Nc1cccc2ncccc12. The van der Waals surface area contributed by atoms with Crippen molar-refractivity contribution in [2.75, 3.05) is 5.32 Å². The maximum atomic E-state index is 4.40. The van der Waals surface area contributed by atoms with Crippen LogP contribution in [0, 0.1) is 6.92 Å². The van der Waals surface area contributed by atoms with Crippen molar-refractivity contribution in [3.05, 3.63) is 71.9 Å². The fraction of sp³-hybridized carbons (Fsp3) is 0.167. The van der Waals surface area contributed by atoms with Crippen LogP contribution in [-0.4, -0.2) is 4.98 Å². The van der Waals surface area contributed by atoms with Crippen molar-refractivity contribution >= 4 is 16.6 Å². The highest BCUT2D eigenvalue weighted by atomic mass is 14.9. The van der Waals surface area contributed by atoms with Gasteiger partial charge in [0.05, 0.1) is 5.52 Å². The molecule has 0 bridgehead atoms. The number of nitrogens with one attached hydrogen (secondary N) is 1. The fourth-order valence-corrected chi connectivity index (χ4v) is 2.61. The minimum absolute atomic E-state index is 0.266. The zero-order valence-corrected chi connectivity index (χ0v) is 11.8. The molecule has 1 N–H and O–H groups in total. The van der Waals surface area contributed by atoms with Gasteiger partial charge in [0.2, 0.25) is 0 Å². The highest BCUT2D eigenvalue weighted by Crippen LogP contribution is 2.27.